The van der Waals surface area contributed by atoms with Crippen LogP contribution in [0.1, 0.15) is 5.56 Å². The molecular weight excluding hydrogens is 332 g/mol. The maximum atomic E-state index is 12.4. The molecule has 2 aromatic carbocycles. The molecule has 26 heavy (non-hydrogen) atoms. The highest BCUT2D eigenvalue weighted by Crippen LogP contribution is 2.26. The maximum absolute atomic E-state index is 12.4. The number of likely N-dealkylation sites (N-methyl/N-ethyl adjacent to an activating group) is 1. The van der Waals surface area contributed by atoms with Gasteiger partial charge in [0.05, 0.1) is 5.57 Å². The summed E-state index contributed by atoms with van der Waals surface area (Å²) in [5.74, 6) is 1.01. The molecule has 134 valence electrons. The molecule has 2 amide bonds. The van der Waals surface area contributed by atoms with Crippen LogP contribution in [0.25, 0.3) is 6.08 Å². The van der Waals surface area contributed by atoms with Gasteiger partial charge in [-0.05, 0) is 36.4 Å². The molecule has 3 rings (SSSR count). The molecular formula is C20H20N2O4. The van der Waals surface area contributed by atoms with E-state index in [0.717, 1.165) is 11.3 Å². The van der Waals surface area contributed by atoms with Crippen LogP contribution in [0.3, 0.4) is 0 Å². The van der Waals surface area contributed by atoms with Crippen molar-refractivity contribution >= 4 is 23.6 Å². The Kier molecular flexibility index (Phi) is 5.22. The number of nitrogens with zero attached hydrogens (tertiary/aromatic N) is 1. The highest BCUT2D eigenvalue weighted by Gasteiger charge is 2.17. The number of carbonyl (C=O) groups excluding carboxylic acids is 2. The van der Waals surface area contributed by atoms with E-state index in [0.29, 0.717) is 17.0 Å². The normalized spacial score (nSPS) is 12.3. The molecule has 0 unspecified atom stereocenters. The predicted molar refractivity (Wildman–Crippen MR) is 99.2 cm³/mol. The van der Waals surface area contributed by atoms with Gasteiger partial charge in [-0.3, -0.25) is 9.59 Å². The topological polar surface area (TPSA) is 67.9 Å². The highest BCUT2D eigenvalue weighted by atomic mass is 16.5. The van der Waals surface area contributed by atoms with E-state index in [2.05, 4.69) is 5.32 Å². The monoisotopic (exact) mass is 352 g/mol. The van der Waals surface area contributed by atoms with Crippen molar-refractivity contribution in [3.63, 3.8) is 0 Å². The Balaban J connectivity index is 1.60. The third-order valence-electron chi connectivity index (χ3n) is 3.90. The van der Waals surface area contributed by atoms with Crippen molar-refractivity contribution < 1.29 is 19.1 Å². The molecule has 0 spiro atoms. The summed E-state index contributed by atoms with van der Waals surface area (Å²) in [7, 11) is 3.35. The Morgan fingerprint density at radius 3 is 2.58 bits per heavy atom. The van der Waals surface area contributed by atoms with Gasteiger partial charge in [0, 0.05) is 25.3 Å². The minimum Gasteiger partial charge on any atom is -0.488 e. The molecule has 2 aromatic rings. The Labute approximate surface area is 152 Å². The van der Waals surface area contributed by atoms with Gasteiger partial charge >= 0.3 is 0 Å². The second-order valence-electron chi connectivity index (χ2n) is 6.05. The predicted octanol–water partition coefficient (Wildman–Crippen LogP) is 2.57. The van der Waals surface area contributed by atoms with E-state index in [1.807, 2.05) is 30.3 Å². The molecule has 0 aliphatic carbocycles. The molecule has 1 aliphatic heterocycles. The number of benzene rings is 2. The fraction of sp³-hybridized carbons (Fsp3) is 0.200. The van der Waals surface area contributed by atoms with Gasteiger partial charge in [-0.25, -0.2) is 0 Å². The number of carbonyl (C=O) groups is 2. The first-order chi connectivity index (χ1) is 12.5. The van der Waals surface area contributed by atoms with Crippen LogP contribution in [-0.2, 0) is 9.59 Å². The molecule has 0 fully saturated rings. The minimum absolute atomic E-state index is 0.0255. The van der Waals surface area contributed by atoms with Crippen LogP contribution in [0, 0.1) is 0 Å². The summed E-state index contributed by atoms with van der Waals surface area (Å²) in [6, 6.07) is 14.5. The summed E-state index contributed by atoms with van der Waals surface area (Å²) < 4.78 is 11.0. The van der Waals surface area contributed by atoms with Gasteiger partial charge in [0.2, 0.25) is 0 Å². The van der Waals surface area contributed by atoms with Gasteiger partial charge in [-0.15, -0.1) is 0 Å². The summed E-state index contributed by atoms with van der Waals surface area (Å²) in [4.78, 5) is 25.4. The van der Waals surface area contributed by atoms with E-state index in [1.54, 1.807) is 38.4 Å². The number of rotatable bonds is 5. The van der Waals surface area contributed by atoms with E-state index < -0.39 is 0 Å². The van der Waals surface area contributed by atoms with Gasteiger partial charge < -0.3 is 19.7 Å². The number of para-hydroxylation sites is 1. The molecule has 6 nitrogen and oxygen atoms in total. The van der Waals surface area contributed by atoms with Crippen molar-refractivity contribution in [2.24, 2.45) is 0 Å². The zero-order valence-corrected chi connectivity index (χ0v) is 14.7. The number of ether oxygens (including phenoxy) is 2. The summed E-state index contributed by atoms with van der Waals surface area (Å²) in [6.07, 6.45) is 1.83. The molecule has 1 N–H and O–H groups in total. The van der Waals surface area contributed by atoms with Crippen molar-refractivity contribution in [2.45, 2.75) is 0 Å². The number of hydrogen-bond donors (Lipinski definition) is 1. The first-order valence-corrected chi connectivity index (χ1v) is 8.20. The van der Waals surface area contributed by atoms with E-state index in [1.165, 1.54) is 4.90 Å². The molecule has 1 aliphatic rings. The van der Waals surface area contributed by atoms with Crippen molar-refractivity contribution in [1.82, 2.24) is 4.90 Å². The van der Waals surface area contributed by atoms with Gasteiger partial charge in [0.25, 0.3) is 11.8 Å². The van der Waals surface area contributed by atoms with Crippen LogP contribution in [-0.4, -0.2) is 44.0 Å². The number of hydrogen-bond acceptors (Lipinski definition) is 4. The van der Waals surface area contributed by atoms with Crippen LogP contribution < -0.4 is 14.8 Å². The van der Waals surface area contributed by atoms with E-state index in [4.69, 9.17) is 9.47 Å². The first-order valence-electron chi connectivity index (χ1n) is 8.20. The molecule has 0 radical (unpaired) electrons. The van der Waals surface area contributed by atoms with Crippen molar-refractivity contribution in [3.05, 3.63) is 59.7 Å². The Morgan fingerprint density at radius 1 is 1.12 bits per heavy atom. The summed E-state index contributed by atoms with van der Waals surface area (Å²) in [6.45, 7) is 0.207. The lowest BCUT2D eigenvalue weighted by Gasteiger charge is -2.17. The van der Waals surface area contributed by atoms with Gasteiger partial charge in [0.1, 0.15) is 18.1 Å². The Bertz CT molecular complexity index is 841. The largest absolute Gasteiger partial charge is 0.488 e. The summed E-state index contributed by atoms with van der Waals surface area (Å²) in [5.41, 5.74) is 2.08. The van der Waals surface area contributed by atoms with Crippen LogP contribution in [0.15, 0.2) is 54.1 Å². The van der Waals surface area contributed by atoms with E-state index >= 15 is 0 Å². The number of fused-ring (bicyclic) bond motifs is 1. The van der Waals surface area contributed by atoms with E-state index in [9.17, 15) is 9.59 Å². The molecule has 6 heteroatoms. The molecule has 0 atom stereocenters. The second-order valence-corrected chi connectivity index (χ2v) is 6.05. The molecule has 1 heterocycles. The van der Waals surface area contributed by atoms with Gasteiger partial charge in [0.15, 0.2) is 6.61 Å². The lowest BCUT2D eigenvalue weighted by Crippen LogP contribution is -2.27. The fourth-order valence-corrected chi connectivity index (χ4v) is 2.37. The highest BCUT2D eigenvalue weighted by molar-refractivity contribution is 6.07. The first kappa shape index (κ1) is 17.5. The zero-order valence-electron chi connectivity index (χ0n) is 14.7. The summed E-state index contributed by atoms with van der Waals surface area (Å²) >= 11 is 0. The van der Waals surface area contributed by atoms with Crippen molar-refractivity contribution in [2.75, 3.05) is 32.6 Å². The zero-order chi connectivity index (χ0) is 18.5. The van der Waals surface area contributed by atoms with Crippen LogP contribution >= 0.6 is 0 Å². The molecule has 0 saturated heterocycles. The Hall–Kier alpha value is -3.28. The molecule has 0 aromatic heterocycles. The lowest BCUT2D eigenvalue weighted by atomic mass is 10.1. The SMILES string of the molecule is CN(C)C(=O)COc1ccc(NC(=O)C2=Cc3ccccc3OC2)cc1. The minimum atomic E-state index is -0.212. The van der Waals surface area contributed by atoms with Crippen molar-refractivity contribution in [3.8, 4) is 11.5 Å². The number of anilines is 1. The smallest absolute Gasteiger partial charge is 0.259 e. The summed E-state index contributed by atoms with van der Waals surface area (Å²) in [5, 5.41) is 2.83. The number of nitrogens with one attached hydrogen (secondary N) is 1. The number of amides is 2. The van der Waals surface area contributed by atoms with Crippen molar-refractivity contribution in [1.29, 1.82) is 0 Å². The second kappa shape index (κ2) is 7.74. The molecule has 0 bridgehead atoms. The van der Waals surface area contributed by atoms with Crippen LogP contribution in [0.2, 0.25) is 0 Å². The van der Waals surface area contributed by atoms with Gasteiger partial charge in [-0.1, -0.05) is 18.2 Å². The third-order valence-corrected chi connectivity index (χ3v) is 3.90. The third kappa shape index (κ3) is 4.22. The standard InChI is InChI=1S/C20H20N2O4/c1-22(2)19(23)13-25-17-9-7-16(8-10-17)21-20(24)15-11-14-5-3-4-6-18(14)26-12-15/h3-11H,12-13H2,1-2H3,(H,21,24). The quantitative estimate of drug-likeness (QED) is 0.898. The fourth-order valence-electron chi connectivity index (χ4n) is 2.37. The average Bonchev–Trinajstić information content (AvgIpc) is 2.66. The maximum Gasteiger partial charge on any atom is 0.259 e. The lowest BCUT2D eigenvalue weighted by molar-refractivity contribution is -0.130. The Morgan fingerprint density at radius 2 is 1.85 bits per heavy atom. The van der Waals surface area contributed by atoms with Crippen LogP contribution in [0.4, 0.5) is 5.69 Å². The van der Waals surface area contributed by atoms with Crippen LogP contribution in [0.5, 0.6) is 11.5 Å². The van der Waals surface area contributed by atoms with E-state index in [-0.39, 0.29) is 25.0 Å². The van der Waals surface area contributed by atoms with Gasteiger partial charge in [-0.2, -0.15) is 0 Å². The molecule has 0 saturated carbocycles. The average molecular weight is 352 g/mol.